The molecule has 0 radical (unpaired) electrons. The standard InChI is InChI=1S/C15H14FN3S/c16-13-8-18-6-5-12(13)14(19-17)7-10-9-20-15-4-2-1-3-11(10)15/h1-6,8-9,14,19H,7,17H2. The highest BCUT2D eigenvalue weighted by molar-refractivity contribution is 7.17. The highest BCUT2D eigenvalue weighted by Crippen LogP contribution is 2.29. The number of hydrogen-bond donors (Lipinski definition) is 2. The van der Waals surface area contributed by atoms with Crippen molar-refractivity contribution in [3.8, 4) is 0 Å². The molecule has 2 heterocycles. The number of thiophene rings is 1. The molecule has 0 bridgehead atoms. The topological polar surface area (TPSA) is 50.9 Å². The monoisotopic (exact) mass is 287 g/mol. The Kier molecular flexibility index (Phi) is 3.73. The zero-order chi connectivity index (χ0) is 13.9. The number of aromatic nitrogens is 1. The molecule has 0 aliphatic rings. The van der Waals surface area contributed by atoms with E-state index >= 15 is 0 Å². The summed E-state index contributed by atoms with van der Waals surface area (Å²) in [7, 11) is 0. The molecular weight excluding hydrogens is 273 g/mol. The maximum Gasteiger partial charge on any atom is 0.146 e. The van der Waals surface area contributed by atoms with E-state index in [1.807, 2.05) is 12.1 Å². The maximum absolute atomic E-state index is 13.8. The van der Waals surface area contributed by atoms with Crippen LogP contribution in [0.1, 0.15) is 17.2 Å². The lowest BCUT2D eigenvalue weighted by molar-refractivity contribution is 0.509. The molecule has 0 saturated heterocycles. The number of nitrogens with zero attached hydrogens (tertiary/aromatic N) is 1. The Labute approximate surface area is 120 Å². The lowest BCUT2D eigenvalue weighted by Gasteiger charge is -2.16. The molecule has 0 aliphatic heterocycles. The molecule has 3 rings (SSSR count). The van der Waals surface area contributed by atoms with Gasteiger partial charge < -0.3 is 0 Å². The quantitative estimate of drug-likeness (QED) is 0.572. The van der Waals surface area contributed by atoms with E-state index in [4.69, 9.17) is 5.84 Å². The van der Waals surface area contributed by atoms with Crippen molar-refractivity contribution < 1.29 is 4.39 Å². The number of pyridine rings is 1. The van der Waals surface area contributed by atoms with Gasteiger partial charge >= 0.3 is 0 Å². The van der Waals surface area contributed by atoms with Gasteiger partial charge in [0.1, 0.15) is 5.82 Å². The molecular formula is C15H14FN3S. The van der Waals surface area contributed by atoms with Crippen molar-refractivity contribution >= 4 is 21.4 Å². The van der Waals surface area contributed by atoms with Crippen LogP contribution in [0, 0.1) is 5.82 Å². The molecule has 3 aromatic rings. The van der Waals surface area contributed by atoms with Gasteiger partial charge in [-0.25, -0.2) is 4.39 Å². The van der Waals surface area contributed by atoms with E-state index in [1.54, 1.807) is 23.6 Å². The van der Waals surface area contributed by atoms with Crippen molar-refractivity contribution in [1.82, 2.24) is 10.4 Å². The number of fused-ring (bicyclic) bond motifs is 1. The van der Waals surface area contributed by atoms with Crippen LogP contribution >= 0.6 is 11.3 Å². The molecule has 2 aromatic heterocycles. The van der Waals surface area contributed by atoms with E-state index in [0.29, 0.717) is 12.0 Å². The molecule has 0 amide bonds. The van der Waals surface area contributed by atoms with E-state index in [0.717, 1.165) is 0 Å². The average molecular weight is 287 g/mol. The summed E-state index contributed by atoms with van der Waals surface area (Å²) in [4.78, 5) is 3.77. The summed E-state index contributed by atoms with van der Waals surface area (Å²) in [5.74, 6) is 5.26. The Morgan fingerprint density at radius 1 is 1.30 bits per heavy atom. The third kappa shape index (κ3) is 2.43. The summed E-state index contributed by atoms with van der Waals surface area (Å²) in [6, 6.07) is 9.59. The van der Waals surface area contributed by atoms with E-state index in [2.05, 4.69) is 27.9 Å². The molecule has 20 heavy (non-hydrogen) atoms. The number of benzene rings is 1. The predicted octanol–water partition coefficient (Wildman–Crippen LogP) is 3.18. The van der Waals surface area contributed by atoms with Crippen LogP contribution < -0.4 is 11.3 Å². The molecule has 0 aliphatic carbocycles. The molecule has 3 N–H and O–H groups in total. The van der Waals surface area contributed by atoms with Crippen molar-refractivity contribution in [2.45, 2.75) is 12.5 Å². The third-order valence-corrected chi connectivity index (χ3v) is 4.38. The third-order valence-electron chi connectivity index (χ3n) is 3.37. The minimum absolute atomic E-state index is 0.268. The van der Waals surface area contributed by atoms with Crippen LogP contribution in [0.3, 0.4) is 0 Å². The van der Waals surface area contributed by atoms with E-state index in [-0.39, 0.29) is 11.9 Å². The first-order valence-corrected chi connectivity index (χ1v) is 7.18. The second-order valence-electron chi connectivity index (χ2n) is 4.58. The van der Waals surface area contributed by atoms with Gasteiger partial charge in [-0.2, -0.15) is 0 Å². The van der Waals surface area contributed by atoms with Crippen LogP contribution in [0.4, 0.5) is 4.39 Å². The van der Waals surface area contributed by atoms with E-state index in [1.165, 1.54) is 21.8 Å². The van der Waals surface area contributed by atoms with E-state index < -0.39 is 0 Å². The first kappa shape index (κ1) is 13.2. The molecule has 1 aromatic carbocycles. The lowest BCUT2D eigenvalue weighted by atomic mass is 9.99. The van der Waals surface area contributed by atoms with Crippen molar-refractivity contribution in [2.24, 2.45) is 5.84 Å². The second-order valence-corrected chi connectivity index (χ2v) is 5.49. The van der Waals surface area contributed by atoms with Gasteiger partial charge in [-0.1, -0.05) is 18.2 Å². The number of halogens is 1. The Balaban J connectivity index is 1.94. The number of nitrogens with two attached hydrogens (primary N) is 1. The smallest absolute Gasteiger partial charge is 0.146 e. The van der Waals surface area contributed by atoms with Crippen molar-refractivity contribution in [3.05, 3.63) is 65.0 Å². The van der Waals surface area contributed by atoms with Crippen molar-refractivity contribution in [3.63, 3.8) is 0 Å². The second kappa shape index (κ2) is 5.66. The van der Waals surface area contributed by atoms with Crippen LogP contribution in [0.25, 0.3) is 10.1 Å². The summed E-state index contributed by atoms with van der Waals surface area (Å²) in [6.07, 6.45) is 3.43. The normalized spacial score (nSPS) is 12.7. The molecule has 5 heteroatoms. The van der Waals surface area contributed by atoms with Gasteiger partial charge in [0.05, 0.1) is 12.2 Å². The minimum atomic E-state index is -0.338. The fraction of sp³-hybridized carbons (Fsp3) is 0.133. The Hall–Kier alpha value is -1.82. The maximum atomic E-state index is 13.8. The van der Waals surface area contributed by atoms with Gasteiger partial charge in [0, 0.05) is 16.5 Å². The molecule has 3 nitrogen and oxygen atoms in total. The van der Waals surface area contributed by atoms with Gasteiger partial charge in [0.2, 0.25) is 0 Å². The summed E-state index contributed by atoms with van der Waals surface area (Å²) in [6.45, 7) is 0. The highest BCUT2D eigenvalue weighted by atomic mass is 32.1. The fourth-order valence-electron chi connectivity index (χ4n) is 2.34. The minimum Gasteiger partial charge on any atom is -0.271 e. The van der Waals surface area contributed by atoms with Gasteiger partial charge in [-0.3, -0.25) is 16.3 Å². The molecule has 102 valence electrons. The van der Waals surface area contributed by atoms with Gasteiger partial charge in [0.25, 0.3) is 0 Å². The number of rotatable bonds is 4. The summed E-state index contributed by atoms with van der Waals surface area (Å²) < 4.78 is 15.0. The van der Waals surface area contributed by atoms with Gasteiger partial charge in [0.15, 0.2) is 0 Å². The Morgan fingerprint density at radius 3 is 2.95 bits per heavy atom. The number of nitrogens with one attached hydrogen (secondary N) is 1. The van der Waals surface area contributed by atoms with Crippen LogP contribution in [0.2, 0.25) is 0 Å². The molecule has 0 fully saturated rings. The summed E-state index contributed by atoms with van der Waals surface area (Å²) in [5.41, 5.74) is 4.41. The molecule has 1 atom stereocenters. The zero-order valence-electron chi connectivity index (χ0n) is 10.7. The first-order chi connectivity index (χ1) is 9.79. The number of hydrazine groups is 1. The van der Waals surface area contributed by atoms with Gasteiger partial charge in [-0.05, 0) is 34.9 Å². The largest absolute Gasteiger partial charge is 0.271 e. The summed E-state index contributed by atoms with van der Waals surface area (Å²) in [5, 5.41) is 3.31. The molecule has 0 saturated carbocycles. The van der Waals surface area contributed by atoms with Crippen LogP contribution in [0.5, 0.6) is 0 Å². The predicted molar refractivity (Wildman–Crippen MR) is 79.8 cm³/mol. The summed E-state index contributed by atoms with van der Waals surface area (Å²) >= 11 is 1.69. The van der Waals surface area contributed by atoms with Crippen LogP contribution in [-0.2, 0) is 6.42 Å². The van der Waals surface area contributed by atoms with Crippen LogP contribution in [-0.4, -0.2) is 4.98 Å². The zero-order valence-corrected chi connectivity index (χ0v) is 11.5. The molecule has 0 spiro atoms. The van der Waals surface area contributed by atoms with Crippen LogP contribution in [0.15, 0.2) is 48.1 Å². The van der Waals surface area contributed by atoms with Crippen molar-refractivity contribution in [1.29, 1.82) is 0 Å². The molecule has 1 unspecified atom stereocenters. The SMILES string of the molecule is NNC(Cc1csc2ccccc12)c1ccncc1F. The van der Waals surface area contributed by atoms with Crippen molar-refractivity contribution in [2.75, 3.05) is 0 Å². The fourth-order valence-corrected chi connectivity index (χ4v) is 3.31. The first-order valence-electron chi connectivity index (χ1n) is 6.30. The Bertz CT molecular complexity index is 726. The average Bonchev–Trinajstić information content (AvgIpc) is 2.89. The lowest BCUT2D eigenvalue weighted by Crippen LogP contribution is -2.30. The van der Waals surface area contributed by atoms with Gasteiger partial charge in [-0.15, -0.1) is 11.3 Å². The highest BCUT2D eigenvalue weighted by Gasteiger charge is 2.16. The van der Waals surface area contributed by atoms with E-state index in [9.17, 15) is 4.39 Å². The number of hydrogen-bond acceptors (Lipinski definition) is 4. The Morgan fingerprint density at radius 2 is 2.15 bits per heavy atom.